The van der Waals surface area contributed by atoms with Gasteiger partial charge in [0.1, 0.15) is 17.3 Å². The van der Waals surface area contributed by atoms with E-state index < -0.39 is 30.2 Å². The Hall–Kier alpha value is -4.01. The number of rotatable bonds is 8. The summed E-state index contributed by atoms with van der Waals surface area (Å²) in [5.74, 6) is -0.642. The molecule has 1 atom stereocenters. The van der Waals surface area contributed by atoms with Crippen molar-refractivity contribution in [1.82, 2.24) is 20.3 Å². The van der Waals surface area contributed by atoms with Gasteiger partial charge in [-0.2, -0.15) is 4.68 Å². The molecule has 0 radical (unpaired) electrons. The Morgan fingerprint density at radius 1 is 1.12 bits per heavy atom. The predicted octanol–water partition coefficient (Wildman–Crippen LogP) is 2.16. The fourth-order valence-electron chi connectivity index (χ4n) is 2.91. The molecule has 0 spiro atoms. The van der Waals surface area contributed by atoms with Crippen LogP contribution in [0.4, 0.5) is 0 Å². The average Bonchev–Trinajstić information content (AvgIpc) is 2.81. The molecule has 0 aliphatic carbocycles. The van der Waals surface area contributed by atoms with E-state index in [0.717, 1.165) is 10.2 Å². The van der Waals surface area contributed by atoms with Crippen molar-refractivity contribution in [3.05, 3.63) is 70.5 Å². The Balaban J connectivity index is 1.62. The molecule has 1 N–H and O–H groups in total. The van der Waals surface area contributed by atoms with E-state index in [1.807, 2.05) is 0 Å². The van der Waals surface area contributed by atoms with E-state index in [9.17, 15) is 14.4 Å². The number of nitrogens with zero attached hydrogens (tertiary/aromatic N) is 3. The highest BCUT2D eigenvalue weighted by atomic mass is 16.5. The van der Waals surface area contributed by atoms with Crippen molar-refractivity contribution in [3.8, 4) is 5.75 Å². The molecular weight excluding hydrogens is 412 g/mol. The summed E-state index contributed by atoms with van der Waals surface area (Å²) >= 11 is 0. The van der Waals surface area contributed by atoms with Crippen LogP contribution < -0.4 is 15.6 Å². The van der Waals surface area contributed by atoms with Crippen LogP contribution in [0.15, 0.2) is 59.4 Å². The zero-order valence-corrected chi connectivity index (χ0v) is 18.0. The molecule has 166 valence electrons. The van der Waals surface area contributed by atoms with Gasteiger partial charge in [0.25, 0.3) is 5.56 Å². The van der Waals surface area contributed by atoms with Gasteiger partial charge in [0.2, 0.25) is 5.91 Å². The maximum absolute atomic E-state index is 12.6. The van der Waals surface area contributed by atoms with Crippen LogP contribution in [0.1, 0.15) is 19.4 Å². The van der Waals surface area contributed by atoms with Gasteiger partial charge in [-0.05, 0) is 41.8 Å². The Bertz CT molecular complexity index is 1180. The number of ether oxygens (including phenoxy) is 2. The van der Waals surface area contributed by atoms with E-state index in [4.69, 9.17) is 9.47 Å². The standard InChI is InChI=1S/C23H24N4O5/c1-15(2)21(24-20(28)13-10-16-8-11-17(31-3)12-9-16)23(30)32-14-27-22(29)18-6-4-5-7-19(18)25-26-27/h4-13,15,21H,14H2,1-3H3,(H,24,28). The molecule has 3 aromatic rings. The molecule has 0 fully saturated rings. The zero-order chi connectivity index (χ0) is 23.1. The monoisotopic (exact) mass is 436 g/mol. The van der Waals surface area contributed by atoms with Crippen LogP contribution in [0, 0.1) is 5.92 Å². The maximum atomic E-state index is 12.6. The molecular formula is C23H24N4O5. The average molecular weight is 436 g/mol. The van der Waals surface area contributed by atoms with Crippen LogP contribution in [-0.2, 0) is 21.1 Å². The molecule has 2 aromatic carbocycles. The third-order valence-electron chi connectivity index (χ3n) is 4.72. The van der Waals surface area contributed by atoms with Crippen molar-refractivity contribution in [2.75, 3.05) is 7.11 Å². The van der Waals surface area contributed by atoms with Crippen molar-refractivity contribution in [1.29, 1.82) is 0 Å². The molecule has 1 heterocycles. The predicted molar refractivity (Wildman–Crippen MR) is 119 cm³/mol. The van der Waals surface area contributed by atoms with Crippen molar-refractivity contribution in [3.63, 3.8) is 0 Å². The Kier molecular flexibility index (Phi) is 7.33. The lowest BCUT2D eigenvalue weighted by molar-refractivity contribution is -0.153. The summed E-state index contributed by atoms with van der Waals surface area (Å²) < 4.78 is 11.3. The van der Waals surface area contributed by atoms with Gasteiger partial charge < -0.3 is 14.8 Å². The van der Waals surface area contributed by atoms with Crippen LogP contribution in [-0.4, -0.2) is 40.0 Å². The quantitative estimate of drug-likeness (QED) is 0.425. The Labute approximate surface area is 184 Å². The van der Waals surface area contributed by atoms with Crippen molar-refractivity contribution >= 4 is 28.9 Å². The minimum Gasteiger partial charge on any atom is -0.497 e. The number of hydrogen-bond donors (Lipinski definition) is 1. The lowest BCUT2D eigenvalue weighted by Crippen LogP contribution is -2.45. The fourth-order valence-corrected chi connectivity index (χ4v) is 2.91. The lowest BCUT2D eigenvalue weighted by Gasteiger charge is -2.20. The van der Waals surface area contributed by atoms with E-state index in [0.29, 0.717) is 16.7 Å². The Morgan fingerprint density at radius 2 is 1.84 bits per heavy atom. The normalized spacial score (nSPS) is 12.1. The summed E-state index contributed by atoms with van der Waals surface area (Å²) in [7, 11) is 1.58. The summed E-state index contributed by atoms with van der Waals surface area (Å²) in [5.41, 5.74) is 0.839. The second kappa shape index (κ2) is 10.3. The minimum atomic E-state index is -0.896. The van der Waals surface area contributed by atoms with Gasteiger partial charge in [-0.3, -0.25) is 9.59 Å². The molecule has 0 aliphatic rings. The summed E-state index contributed by atoms with van der Waals surface area (Å²) in [6, 6.07) is 13.0. The van der Waals surface area contributed by atoms with Crippen LogP contribution in [0.25, 0.3) is 17.0 Å². The van der Waals surface area contributed by atoms with E-state index in [-0.39, 0.29) is 5.92 Å². The van der Waals surface area contributed by atoms with Gasteiger partial charge in [-0.25, -0.2) is 4.79 Å². The summed E-state index contributed by atoms with van der Waals surface area (Å²) in [5, 5.41) is 10.7. The minimum absolute atomic E-state index is 0.236. The molecule has 32 heavy (non-hydrogen) atoms. The molecule has 1 aromatic heterocycles. The van der Waals surface area contributed by atoms with Gasteiger partial charge in [-0.1, -0.05) is 43.3 Å². The SMILES string of the molecule is COc1ccc(C=CC(=O)NC(C(=O)OCn2nnc3ccccc3c2=O)C(C)C)cc1. The van der Waals surface area contributed by atoms with E-state index in [1.165, 1.54) is 6.08 Å². The molecule has 0 aliphatic heterocycles. The molecule has 1 unspecified atom stereocenters. The van der Waals surface area contributed by atoms with E-state index in [1.54, 1.807) is 75.6 Å². The number of aromatic nitrogens is 3. The van der Waals surface area contributed by atoms with Crippen molar-refractivity contribution < 1.29 is 19.1 Å². The highest BCUT2D eigenvalue weighted by Gasteiger charge is 2.25. The summed E-state index contributed by atoms with van der Waals surface area (Å²) in [6.07, 6.45) is 2.96. The smallest absolute Gasteiger partial charge is 0.330 e. The largest absolute Gasteiger partial charge is 0.497 e. The number of fused-ring (bicyclic) bond motifs is 1. The van der Waals surface area contributed by atoms with Gasteiger partial charge in [-0.15, -0.1) is 5.10 Å². The first-order chi connectivity index (χ1) is 15.4. The number of carbonyl (C=O) groups is 2. The molecule has 0 saturated heterocycles. The highest BCUT2D eigenvalue weighted by Crippen LogP contribution is 2.12. The van der Waals surface area contributed by atoms with E-state index in [2.05, 4.69) is 15.6 Å². The topological polar surface area (TPSA) is 112 Å². The first-order valence-corrected chi connectivity index (χ1v) is 10.0. The number of amides is 1. The van der Waals surface area contributed by atoms with Crippen molar-refractivity contribution in [2.45, 2.75) is 26.6 Å². The number of methoxy groups -OCH3 is 1. The first-order valence-electron chi connectivity index (χ1n) is 10.0. The molecule has 9 heteroatoms. The van der Waals surface area contributed by atoms with Gasteiger partial charge in [0.15, 0.2) is 6.73 Å². The number of esters is 1. The third-order valence-corrected chi connectivity index (χ3v) is 4.72. The van der Waals surface area contributed by atoms with Crippen LogP contribution in [0.5, 0.6) is 5.75 Å². The molecule has 9 nitrogen and oxygen atoms in total. The first kappa shape index (κ1) is 22.7. The van der Waals surface area contributed by atoms with Gasteiger partial charge >= 0.3 is 5.97 Å². The third kappa shape index (κ3) is 5.57. The lowest BCUT2D eigenvalue weighted by atomic mass is 10.0. The number of hydrogen-bond acceptors (Lipinski definition) is 7. The number of carbonyl (C=O) groups excluding carboxylic acids is 2. The second-order valence-electron chi connectivity index (χ2n) is 7.34. The maximum Gasteiger partial charge on any atom is 0.330 e. The van der Waals surface area contributed by atoms with Gasteiger partial charge in [0.05, 0.1) is 12.5 Å². The summed E-state index contributed by atoms with van der Waals surface area (Å²) in [4.78, 5) is 37.4. The van der Waals surface area contributed by atoms with Crippen molar-refractivity contribution in [2.24, 2.45) is 5.92 Å². The Morgan fingerprint density at radius 3 is 2.53 bits per heavy atom. The van der Waals surface area contributed by atoms with Gasteiger partial charge in [0, 0.05) is 6.08 Å². The fraction of sp³-hybridized carbons (Fsp3) is 0.261. The second-order valence-corrected chi connectivity index (χ2v) is 7.34. The molecule has 0 saturated carbocycles. The van der Waals surface area contributed by atoms with Crippen LogP contribution in [0.3, 0.4) is 0 Å². The van der Waals surface area contributed by atoms with E-state index >= 15 is 0 Å². The highest BCUT2D eigenvalue weighted by molar-refractivity contribution is 5.94. The summed E-state index contributed by atoms with van der Waals surface area (Å²) in [6.45, 7) is 3.15. The van der Waals surface area contributed by atoms with Crippen LogP contribution in [0.2, 0.25) is 0 Å². The number of nitrogens with one attached hydrogen (secondary N) is 1. The number of benzene rings is 2. The van der Waals surface area contributed by atoms with Crippen LogP contribution >= 0.6 is 0 Å². The molecule has 3 rings (SSSR count). The molecule has 0 bridgehead atoms. The zero-order valence-electron chi connectivity index (χ0n) is 18.0. The molecule has 1 amide bonds.